The molecule has 0 spiro atoms. The fourth-order valence-corrected chi connectivity index (χ4v) is 2.50. The lowest BCUT2D eigenvalue weighted by Crippen LogP contribution is -2.45. The van der Waals surface area contributed by atoms with Gasteiger partial charge in [0, 0.05) is 17.6 Å². The lowest BCUT2D eigenvalue weighted by Gasteiger charge is -2.19. The van der Waals surface area contributed by atoms with Gasteiger partial charge in [-0.2, -0.15) is 0 Å². The Balaban J connectivity index is 2.25. The van der Waals surface area contributed by atoms with E-state index in [1.807, 2.05) is 25.3 Å². The van der Waals surface area contributed by atoms with Crippen LogP contribution in [-0.2, 0) is 0 Å². The van der Waals surface area contributed by atoms with Crippen LogP contribution in [0.15, 0.2) is 41.8 Å². The van der Waals surface area contributed by atoms with Crippen LogP contribution in [0.25, 0.3) is 0 Å². The fourth-order valence-electron chi connectivity index (χ4n) is 1.82. The lowest BCUT2D eigenvalue weighted by atomic mass is 10.0. The highest BCUT2D eigenvalue weighted by Gasteiger charge is 2.20. The molecule has 21 heavy (non-hydrogen) atoms. The van der Waals surface area contributed by atoms with Crippen LogP contribution >= 0.6 is 11.3 Å². The first-order valence-corrected chi connectivity index (χ1v) is 7.51. The minimum atomic E-state index is -0.498. The number of thiophene rings is 1. The van der Waals surface area contributed by atoms with E-state index in [4.69, 9.17) is 5.73 Å². The highest BCUT2D eigenvalue weighted by molar-refractivity contribution is 7.12. The zero-order chi connectivity index (χ0) is 15.5. The first kappa shape index (κ1) is 15.4. The molecule has 1 aromatic carbocycles. The average Bonchev–Trinajstić information content (AvgIpc) is 2.97. The molecular weight excluding hydrogens is 284 g/mol. The van der Waals surface area contributed by atoms with E-state index in [1.165, 1.54) is 11.3 Å². The third-order valence-electron chi connectivity index (χ3n) is 2.87. The van der Waals surface area contributed by atoms with Crippen molar-refractivity contribution in [2.24, 2.45) is 5.73 Å². The largest absolute Gasteiger partial charge is 0.350 e. The van der Waals surface area contributed by atoms with E-state index >= 15 is 0 Å². The molecule has 1 amide bonds. The zero-order valence-corrected chi connectivity index (χ0v) is 12.9. The molecule has 0 unspecified atom stereocenters. The van der Waals surface area contributed by atoms with Crippen LogP contribution < -0.4 is 11.1 Å². The second-order valence-electron chi connectivity index (χ2n) is 5.52. The maximum Gasteiger partial charge on any atom is 0.252 e. The Bertz CT molecular complexity index is 643. The maximum absolute atomic E-state index is 12.4. The average molecular weight is 302 g/mol. The van der Waals surface area contributed by atoms with Crippen molar-refractivity contribution in [2.75, 3.05) is 6.54 Å². The number of ketones is 1. The van der Waals surface area contributed by atoms with E-state index in [2.05, 4.69) is 5.32 Å². The Kier molecular flexibility index (Phi) is 4.55. The summed E-state index contributed by atoms with van der Waals surface area (Å²) in [6, 6.07) is 10.4. The summed E-state index contributed by atoms with van der Waals surface area (Å²) in [5, 5.41) is 4.61. The fraction of sp³-hybridized carbons (Fsp3) is 0.250. The first-order chi connectivity index (χ1) is 9.88. The van der Waals surface area contributed by atoms with Gasteiger partial charge in [0.2, 0.25) is 5.78 Å². The predicted octanol–water partition coefficient (Wildman–Crippen LogP) is 2.45. The van der Waals surface area contributed by atoms with Crippen molar-refractivity contribution >= 4 is 23.0 Å². The van der Waals surface area contributed by atoms with Gasteiger partial charge in [0.05, 0.1) is 10.4 Å². The Morgan fingerprint density at radius 2 is 1.81 bits per heavy atom. The quantitative estimate of drug-likeness (QED) is 0.833. The van der Waals surface area contributed by atoms with E-state index < -0.39 is 5.54 Å². The van der Waals surface area contributed by atoms with Crippen molar-refractivity contribution in [1.82, 2.24) is 5.32 Å². The highest BCUT2D eigenvalue weighted by atomic mass is 32.1. The summed E-state index contributed by atoms with van der Waals surface area (Å²) in [5.74, 6) is -0.420. The molecule has 0 saturated heterocycles. The zero-order valence-electron chi connectivity index (χ0n) is 12.1. The summed E-state index contributed by atoms with van der Waals surface area (Å²) in [7, 11) is 0. The van der Waals surface area contributed by atoms with Crippen LogP contribution in [0.5, 0.6) is 0 Å². The van der Waals surface area contributed by atoms with Gasteiger partial charge in [0.25, 0.3) is 5.91 Å². The molecule has 2 aromatic rings. The van der Waals surface area contributed by atoms with E-state index in [9.17, 15) is 9.59 Å². The van der Waals surface area contributed by atoms with Crippen molar-refractivity contribution in [1.29, 1.82) is 0 Å². The number of amides is 1. The van der Waals surface area contributed by atoms with Crippen LogP contribution in [0.3, 0.4) is 0 Å². The van der Waals surface area contributed by atoms with Crippen molar-refractivity contribution in [2.45, 2.75) is 19.4 Å². The van der Waals surface area contributed by atoms with E-state index in [-0.39, 0.29) is 11.7 Å². The van der Waals surface area contributed by atoms with Crippen molar-refractivity contribution in [3.8, 4) is 0 Å². The predicted molar refractivity (Wildman–Crippen MR) is 84.8 cm³/mol. The van der Waals surface area contributed by atoms with Crippen molar-refractivity contribution < 1.29 is 9.59 Å². The van der Waals surface area contributed by atoms with Crippen LogP contribution in [0.4, 0.5) is 0 Å². The molecule has 0 radical (unpaired) electrons. The molecular formula is C16H18N2O2S. The Morgan fingerprint density at radius 1 is 1.14 bits per heavy atom. The van der Waals surface area contributed by atoms with Gasteiger partial charge < -0.3 is 11.1 Å². The Hall–Kier alpha value is -1.98. The number of nitrogens with two attached hydrogens (primary N) is 1. The second kappa shape index (κ2) is 6.20. The third-order valence-corrected chi connectivity index (χ3v) is 3.73. The monoisotopic (exact) mass is 302 g/mol. The van der Waals surface area contributed by atoms with Crippen LogP contribution in [0, 0.1) is 0 Å². The summed E-state index contributed by atoms with van der Waals surface area (Å²) in [4.78, 5) is 25.3. The smallest absolute Gasteiger partial charge is 0.252 e. The molecule has 0 aliphatic carbocycles. The number of carbonyl (C=O) groups is 2. The second-order valence-corrected chi connectivity index (χ2v) is 6.47. The Labute approximate surface area is 128 Å². The molecule has 5 heteroatoms. The summed E-state index contributed by atoms with van der Waals surface area (Å²) >= 11 is 1.36. The van der Waals surface area contributed by atoms with Gasteiger partial charge in [-0.3, -0.25) is 9.59 Å². The van der Waals surface area contributed by atoms with E-state index in [1.54, 1.807) is 30.3 Å². The van der Waals surface area contributed by atoms with Crippen LogP contribution in [0.1, 0.15) is 39.4 Å². The third kappa shape index (κ3) is 4.00. The molecule has 1 heterocycles. The van der Waals surface area contributed by atoms with Crippen LogP contribution in [-0.4, -0.2) is 23.8 Å². The van der Waals surface area contributed by atoms with Gasteiger partial charge in [-0.15, -0.1) is 11.3 Å². The SMILES string of the molecule is CC(C)(N)CNC(=O)c1ccccc1C(=O)c1cccs1. The standard InChI is InChI=1S/C16H18N2O2S/c1-16(2,17)10-18-15(20)12-7-4-3-6-11(12)14(19)13-8-5-9-21-13/h3-9H,10,17H2,1-2H3,(H,18,20). The topological polar surface area (TPSA) is 72.2 Å². The molecule has 2 rings (SSSR count). The van der Waals surface area contributed by atoms with Gasteiger partial charge in [-0.05, 0) is 31.4 Å². The number of hydrogen-bond acceptors (Lipinski definition) is 4. The maximum atomic E-state index is 12.4. The summed E-state index contributed by atoms with van der Waals surface area (Å²) in [6.45, 7) is 4.00. The number of benzene rings is 1. The molecule has 4 nitrogen and oxygen atoms in total. The molecule has 0 saturated carbocycles. The van der Waals surface area contributed by atoms with E-state index in [0.717, 1.165) is 0 Å². The minimum absolute atomic E-state index is 0.136. The summed E-state index contributed by atoms with van der Waals surface area (Å²) < 4.78 is 0. The summed E-state index contributed by atoms with van der Waals surface area (Å²) in [5.41, 5.74) is 6.14. The highest BCUT2D eigenvalue weighted by Crippen LogP contribution is 2.18. The minimum Gasteiger partial charge on any atom is -0.350 e. The van der Waals surface area contributed by atoms with E-state index in [0.29, 0.717) is 22.5 Å². The number of rotatable bonds is 5. The summed E-state index contributed by atoms with van der Waals surface area (Å²) in [6.07, 6.45) is 0. The molecule has 0 atom stereocenters. The molecule has 0 bridgehead atoms. The number of hydrogen-bond donors (Lipinski definition) is 2. The number of nitrogens with one attached hydrogen (secondary N) is 1. The van der Waals surface area contributed by atoms with Gasteiger partial charge in [0.15, 0.2) is 0 Å². The van der Waals surface area contributed by atoms with Crippen LogP contribution in [0.2, 0.25) is 0 Å². The van der Waals surface area contributed by atoms with Gasteiger partial charge in [0.1, 0.15) is 0 Å². The first-order valence-electron chi connectivity index (χ1n) is 6.63. The Morgan fingerprint density at radius 3 is 2.38 bits per heavy atom. The van der Waals surface area contributed by atoms with Crippen molar-refractivity contribution in [3.63, 3.8) is 0 Å². The van der Waals surface area contributed by atoms with Gasteiger partial charge in [-0.1, -0.05) is 24.3 Å². The van der Waals surface area contributed by atoms with Gasteiger partial charge in [-0.25, -0.2) is 0 Å². The lowest BCUT2D eigenvalue weighted by molar-refractivity contribution is 0.0936. The van der Waals surface area contributed by atoms with Gasteiger partial charge >= 0.3 is 0 Å². The number of carbonyl (C=O) groups excluding carboxylic acids is 2. The molecule has 3 N–H and O–H groups in total. The molecule has 0 aliphatic rings. The molecule has 0 aliphatic heterocycles. The molecule has 110 valence electrons. The molecule has 0 fully saturated rings. The van der Waals surface area contributed by atoms with Crippen molar-refractivity contribution in [3.05, 3.63) is 57.8 Å². The normalized spacial score (nSPS) is 11.2. The molecule has 1 aromatic heterocycles.